The van der Waals surface area contributed by atoms with Crippen molar-refractivity contribution in [2.24, 2.45) is 5.92 Å². The van der Waals surface area contributed by atoms with E-state index in [0.29, 0.717) is 25.9 Å². The fraction of sp³-hybridized carbons (Fsp3) is 1.00. The van der Waals surface area contributed by atoms with Crippen LogP contribution in [0.3, 0.4) is 0 Å². The van der Waals surface area contributed by atoms with Gasteiger partial charge in [0.25, 0.3) is 0 Å². The van der Waals surface area contributed by atoms with Crippen LogP contribution in [-0.2, 0) is 18.9 Å². The van der Waals surface area contributed by atoms with Crippen LogP contribution in [0.1, 0.15) is 19.8 Å². The topological polar surface area (TPSA) is 40.2 Å². The minimum atomic E-state index is -0.211. The number of ether oxygens (including phenoxy) is 4. The van der Waals surface area contributed by atoms with Gasteiger partial charge in [-0.05, 0) is 31.8 Å². The first-order valence-corrected chi connectivity index (χ1v) is 7.33. The zero-order valence-corrected chi connectivity index (χ0v) is 12.2. The Morgan fingerprint density at radius 3 is 2.42 bits per heavy atom. The second-order valence-electron chi connectivity index (χ2n) is 5.54. The molecule has 0 saturated carbocycles. The molecule has 2 saturated heterocycles. The van der Waals surface area contributed by atoms with E-state index in [0.717, 1.165) is 19.1 Å². The Bertz CT molecular complexity index is 236. The summed E-state index contributed by atoms with van der Waals surface area (Å²) in [5, 5.41) is 0. The molecular weight excluding hydrogens is 246 g/mol. The molecule has 19 heavy (non-hydrogen) atoms. The number of hydrogen-bond acceptors (Lipinski definition) is 5. The van der Waals surface area contributed by atoms with Gasteiger partial charge < -0.3 is 18.9 Å². The summed E-state index contributed by atoms with van der Waals surface area (Å²) in [7, 11) is 1.67. The van der Waals surface area contributed by atoms with Crippen molar-refractivity contribution in [3.05, 3.63) is 0 Å². The molecule has 0 radical (unpaired) electrons. The van der Waals surface area contributed by atoms with Crippen LogP contribution in [0.2, 0.25) is 0 Å². The van der Waals surface area contributed by atoms with E-state index in [2.05, 4.69) is 11.8 Å². The summed E-state index contributed by atoms with van der Waals surface area (Å²) in [6.45, 7) is 7.89. The molecule has 0 aliphatic carbocycles. The third-order valence-corrected chi connectivity index (χ3v) is 3.97. The van der Waals surface area contributed by atoms with Crippen molar-refractivity contribution < 1.29 is 18.9 Å². The molecule has 2 rings (SSSR count). The maximum atomic E-state index is 5.72. The number of piperidine rings is 1. The maximum Gasteiger partial charge on any atom is 0.180 e. The molecule has 0 unspecified atom stereocenters. The van der Waals surface area contributed by atoms with Crippen molar-refractivity contribution in [2.75, 3.05) is 53.2 Å². The fourth-order valence-corrected chi connectivity index (χ4v) is 2.56. The largest absolute Gasteiger partial charge is 0.382 e. The molecule has 0 bridgehead atoms. The van der Waals surface area contributed by atoms with Crippen LogP contribution in [0.15, 0.2) is 0 Å². The van der Waals surface area contributed by atoms with Gasteiger partial charge in [0.15, 0.2) is 6.29 Å². The van der Waals surface area contributed by atoms with Gasteiger partial charge in [0.05, 0.1) is 39.1 Å². The SMILES string of the molecule is COCCOCC1OCC(N2CCC(C)CC2)CO1. The van der Waals surface area contributed by atoms with Crippen LogP contribution in [0.5, 0.6) is 0 Å². The summed E-state index contributed by atoms with van der Waals surface area (Å²) < 4.78 is 21.8. The van der Waals surface area contributed by atoms with E-state index in [1.54, 1.807) is 7.11 Å². The zero-order chi connectivity index (χ0) is 13.5. The summed E-state index contributed by atoms with van der Waals surface area (Å²) in [6.07, 6.45) is 2.37. The normalized spacial score (nSPS) is 30.6. The van der Waals surface area contributed by atoms with Crippen molar-refractivity contribution in [3.63, 3.8) is 0 Å². The van der Waals surface area contributed by atoms with E-state index in [9.17, 15) is 0 Å². The van der Waals surface area contributed by atoms with Crippen molar-refractivity contribution in [2.45, 2.75) is 32.1 Å². The first-order valence-electron chi connectivity index (χ1n) is 7.33. The lowest BCUT2D eigenvalue weighted by atomic mass is 9.98. The van der Waals surface area contributed by atoms with Crippen LogP contribution in [-0.4, -0.2) is 70.5 Å². The van der Waals surface area contributed by atoms with Gasteiger partial charge >= 0.3 is 0 Å². The molecule has 0 aromatic heterocycles. The molecule has 0 aromatic rings. The number of likely N-dealkylation sites (tertiary alicyclic amines) is 1. The van der Waals surface area contributed by atoms with E-state index in [1.165, 1.54) is 25.9 Å². The van der Waals surface area contributed by atoms with Gasteiger partial charge in [0.2, 0.25) is 0 Å². The van der Waals surface area contributed by atoms with E-state index in [-0.39, 0.29) is 6.29 Å². The first-order chi connectivity index (χ1) is 9.29. The highest BCUT2D eigenvalue weighted by molar-refractivity contribution is 4.78. The molecule has 0 aromatic carbocycles. The molecule has 0 amide bonds. The maximum absolute atomic E-state index is 5.72. The lowest BCUT2D eigenvalue weighted by molar-refractivity contribution is -0.226. The predicted molar refractivity (Wildman–Crippen MR) is 72.1 cm³/mol. The van der Waals surface area contributed by atoms with Crippen LogP contribution < -0.4 is 0 Å². The third kappa shape index (κ3) is 5.00. The molecule has 2 heterocycles. The molecule has 5 nitrogen and oxygen atoms in total. The minimum Gasteiger partial charge on any atom is -0.382 e. The Balaban J connectivity index is 1.59. The number of hydrogen-bond donors (Lipinski definition) is 0. The molecular formula is C14H27NO4. The molecule has 0 N–H and O–H groups in total. The molecule has 2 aliphatic heterocycles. The number of rotatable bonds is 6. The smallest absolute Gasteiger partial charge is 0.180 e. The highest BCUT2D eigenvalue weighted by atomic mass is 16.7. The third-order valence-electron chi connectivity index (χ3n) is 3.97. The quantitative estimate of drug-likeness (QED) is 0.678. The van der Waals surface area contributed by atoms with Crippen molar-refractivity contribution >= 4 is 0 Å². The van der Waals surface area contributed by atoms with Crippen molar-refractivity contribution in [1.29, 1.82) is 0 Å². The standard InChI is InChI=1S/C14H27NO4/c1-12-3-5-15(6-4-12)13-9-18-14(19-10-13)11-17-8-7-16-2/h12-14H,3-11H2,1-2H3. The van der Waals surface area contributed by atoms with Gasteiger partial charge in [-0.1, -0.05) is 6.92 Å². The number of nitrogens with zero attached hydrogens (tertiary/aromatic N) is 1. The molecule has 2 aliphatic rings. The van der Waals surface area contributed by atoms with Crippen LogP contribution in [0.4, 0.5) is 0 Å². The van der Waals surface area contributed by atoms with Crippen molar-refractivity contribution in [3.8, 4) is 0 Å². The molecule has 0 atom stereocenters. The summed E-state index contributed by atoms with van der Waals surface area (Å²) in [5.41, 5.74) is 0. The average Bonchev–Trinajstić information content (AvgIpc) is 2.45. The van der Waals surface area contributed by atoms with Gasteiger partial charge in [-0.15, -0.1) is 0 Å². The van der Waals surface area contributed by atoms with Crippen LogP contribution >= 0.6 is 0 Å². The fourth-order valence-electron chi connectivity index (χ4n) is 2.56. The Morgan fingerprint density at radius 1 is 1.11 bits per heavy atom. The average molecular weight is 273 g/mol. The Hall–Kier alpha value is -0.200. The molecule has 0 spiro atoms. The monoisotopic (exact) mass is 273 g/mol. The Kier molecular flexibility index (Phi) is 6.53. The lowest BCUT2D eigenvalue weighted by Crippen LogP contribution is -2.50. The van der Waals surface area contributed by atoms with Crippen LogP contribution in [0.25, 0.3) is 0 Å². The van der Waals surface area contributed by atoms with Gasteiger partial charge in [-0.2, -0.15) is 0 Å². The second kappa shape index (κ2) is 8.17. The highest BCUT2D eigenvalue weighted by Crippen LogP contribution is 2.20. The molecule has 112 valence electrons. The highest BCUT2D eigenvalue weighted by Gasteiger charge is 2.29. The zero-order valence-electron chi connectivity index (χ0n) is 12.2. The first kappa shape index (κ1) is 15.2. The minimum absolute atomic E-state index is 0.211. The van der Waals surface area contributed by atoms with Gasteiger partial charge in [0.1, 0.15) is 0 Å². The summed E-state index contributed by atoms with van der Waals surface area (Å²) in [5.74, 6) is 0.864. The molecule has 2 fully saturated rings. The van der Waals surface area contributed by atoms with E-state index in [1.807, 2.05) is 0 Å². The Morgan fingerprint density at radius 2 is 1.79 bits per heavy atom. The van der Waals surface area contributed by atoms with Gasteiger partial charge in [-0.25, -0.2) is 0 Å². The lowest BCUT2D eigenvalue weighted by Gasteiger charge is -2.39. The summed E-state index contributed by atoms with van der Waals surface area (Å²) in [6, 6.07) is 0.419. The van der Waals surface area contributed by atoms with Gasteiger partial charge in [-0.3, -0.25) is 4.90 Å². The van der Waals surface area contributed by atoms with Gasteiger partial charge in [0, 0.05) is 7.11 Å². The van der Waals surface area contributed by atoms with Crippen molar-refractivity contribution in [1.82, 2.24) is 4.90 Å². The Labute approximate surface area is 116 Å². The second-order valence-corrected chi connectivity index (χ2v) is 5.54. The van der Waals surface area contributed by atoms with E-state index in [4.69, 9.17) is 18.9 Å². The predicted octanol–water partition coefficient (Wildman–Crippen LogP) is 1.12. The summed E-state index contributed by atoms with van der Waals surface area (Å²) in [4.78, 5) is 2.50. The van der Waals surface area contributed by atoms with Crippen LogP contribution in [0, 0.1) is 5.92 Å². The number of methoxy groups -OCH3 is 1. The van der Waals surface area contributed by atoms with E-state index >= 15 is 0 Å². The van der Waals surface area contributed by atoms with E-state index < -0.39 is 0 Å². The molecule has 5 heteroatoms. The summed E-state index contributed by atoms with van der Waals surface area (Å²) >= 11 is 0.